The predicted molar refractivity (Wildman–Crippen MR) is 121 cm³/mol. The summed E-state index contributed by atoms with van der Waals surface area (Å²) in [6.07, 6.45) is 0. The average Bonchev–Trinajstić information content (AvgIpc) is 3.08. The molecular weight excluding hydrogens is 420 g/mol. The maximum atomic E-state index is 13.7. The summed E-state index contributed by atoms with van der Waals surface area (Å²) in [6.45, 7) is 6.49. The molecule has 4 amide bonds. The van der Waals surface area contributed by atoms with Crippen LogP contribution in [0, 0.1) is 29.6 Å². The van der Waals surface area contributed by atoms with Crippen molar-refractivity contribution in [2.24, 2.45) is 29.6 Å². The van der Waals surface area contributed by atoms with E-state index in [0.717, 1.165) is 0 Å². The molecule has 0 radical (unpaired) electrons. The first-order chi connectivity index (χ1) is 15.2. The molecule has 2 aromatic carbocycles. The Kier molecular flexibility index (Phi) is 3.70. The van der Waals surface area contributed by atoms with Crippen molar-refractivity contribution >= 4 is 43.1 Å². The number of rotatable bonds is 3. The van der Waals surface area contributed by atoms with Crippen molar-refractivity contribution in [1.29, 1.82) is 0 Å². The minimum absolute atomic E-state index is 0.207. The largest absolute Gasteiger partial charge is 0.274 e. The first kappa shape index (κ1) is 19.6. The molecule has 6 rings (SSSR count). The van der Waals surface area contributed by atoms with Gasteiger partial charge in [0.05, 0.1) is 43.1 Å². The van der Waals surface area contributed by atoms with Gasteiger partial charge < -0.3 is 0 Å². The zero-order chi connectivity index (χ0) is 22.6. The van der Waals surface area contributed by atoms with Gasteiger partial charge in [0.2, 0.25) is 23.6 Å². The van der Waals surface area contributed by atoms with E-state index in [-0.39, 0.29) is 29.5 Å². The van der Waals surface area contributed by atoms with Gasteiger partial charge in [0.1, 0.15) is 0 Å². The van der Waals surface area contributed by atoms with Crippen LogP contribution in [0.5, 0.6) is 0 Å². The fourth-order valence-corrected chi connectivity index (χ4v) is 11.2. The molecule has 2 aromatic rings. The standard InChI is InChI=1S/C25H24N2O4Si/c1-32(2,3)25-18(16-19(25)23(30)26(21(16)28)14-10-6-4-7-11-14)17-20(25)24(31)27(22(17)29)15-12-8-5-9-13-15/h4-13,16-20H,1-3H3. The maximum Gasteiger partial charge on any atom is 0.238 e. The fraction of sp³-hybridized carbons (Fsp3) is 0.360. The second kappa shape index (κ2) is 6.04. The molecule has 2 heterocycles. The Balaban J connectivity index is 1.46. The van der Waals surface area contributed by atoms with Crippen LogP contribution in [0.2, 0.25) is 24.7 Å². The van der Waals surface area contributed by atoms with Gasteiger partial charge in [-0.1, -0.05) is 56.0 Å². The van der Waals surface area contributed by atoms with Gasteiger partial charge in [0.25, 0.3) is 0 Å². The Morgan fingerprint density at radius 3 is 1.34 bits per heavy atom. The minimum Gasteiger partial charge on any atom is -0.274 e. The van der Waals surface area contributed by atoms with E-state index in [2.05, 4.69) is 19.6 Å². The van der Waals surface area contributed by atoms with Crippen LogP contribution in [-0.4, -0.2) is 31.7 Å². The molecule has 0 spiro atoms. The molecule has 4 atom stereocenters. The lowest BCUT2D eigenvalue weighted by atomic mass is 9.38. The van der Waals surface area contributed by atoms with E-state index >= 15 is 0 Å². The lowest BCUT2D eigenvalue weighted by molar-refractivity contribution is -0.184. The number of hydrogen-bond acceptors (Lipinski definition) is 4. The first-order valence-corrected chi connectivity index (χ1v) is 14.6. The Hall–Kier alpha value is -3.06. The number of amides is 4. The molecule has 4 aliphatic rings. The summed E-state index contributed by atoms with van der Waals surface area (Å²) in [5.41, 5.74) is 1.13. The number of nitrogens with zero attached hydrogens (tertiary/aromatic N) is 2. The van der Waals surface area contributed by atoms with Crippen molar-refractivity contribution in [3.8, 4) is 0 Å². The minimum atomic E-state index is -2.15. The van der Waals surface area contributed by atoms with Crippen molar-refractivity contribution in [3.63, 3.8) is 0 Å². The molecule has 0 aromatic heterocycles. The van der Waals surface area contributed by atoms with Gasteiger partial charge in [-0.05, 0) is 35.2 Å². The van der Waals surface area contributed by atoms with Crippen LogP contribution in [0.15, 0.2) is 60.7 Å². The smallest absolute Gasteiger partial charge is 0.238 e. The van der Waals surface area contributed by atoms with E-state index in [1.807, 2.05) is 12.1 Å². The van der Waals surface area contributed by atoms with Gasteiger partial charge in [-0.25, -0.2) is 0 Å². The van der Waals surface area contributed by atoms with Crippen molar-refractivity contribution in [1.82, 2.24) is 0 Å². The van der Waals surface area contributed by atoms with Crippen LogP contribution >= 0.6 is 0 Å². The van der Waals surface area contributed by atoms with Gasteiger partial charge in [-0.15, -0.1) is 0 Å². The molecule has 4 fully saturated rings. The number of benzene rings is 2. The number of carbonyl (C=O) groups excluding carboxylic acids is 4. The number of anilines is 2. The molecule has 0 bridgehead atoms. The monoisotopic (exact) mass is 444 g/mol. The van der Waals surface area contributed by atoms with Gasteiger partial charge in [-0.2, -0.15) is 0 Å². The summed E-state index contributed by atoms with van der Waals surface area (Å²) in [5.74, 6) is -3.14. The lowest BCUT2D eigenvalue weighted by Gasteiger charge is -2.74. The molecular formula is C25H24N2O4Si. The molecule has 2 aliphatic carbocycles. The number of imide groups is 2. The highest BCUT2D eigenvalue weighted by atomic mass is 28.3. The quantitative estimate of drug-likeness (QED) is 0.538. The van der Waals surface area contributed by atoms with Crippen molar-refractivity contribution < 1.29 is 19.2 Å². The zero-order valence-electron chi connectivity index (χ0n) is 18.2. The summed E-state index contributed by atoms with van der Waals surface area (Å²) in [4.78, 5) is 56.9. The zero-order valence-corrected chi connectivity index (χ0v) is 19.2. The van der Waals surface area contributed by atoms with E-state index in [4.69, 9.17) is 0 Å². The van der Waals surface area contributed by atoms with Gasteiger partial charge >= 0.3 is 0 Å². The molecule has 32 heavy (non-hydrogen) atoms. The number of carbonyl (C=O) groups is 4. The summed E-state index contributed by atoms with van der Waals surface area (Å²) in [6, 6.07) is 18.0. The molecule has 6 nitrogen and oxygen atoms in total. The Morgan fingerprint density at radius 1 is 0.625 bits per heavy atom. The Bertz CT molecular complexity index is 1110. The van der Waals surface area contributed by atoms with Crippen LogP contribution in [0.3, 0.4) is 0 Å². The molecule has 2 aliphatic heterocycles. The van der Waals surface area contributed by atoms with E-state index in [9.17, 15) is 19.2 Å². The van der Waals surface area contributed by atoms with E-state index < -0.39 is 36.8 Å². The highest BCUT2D eigenvalue weighted by Crippen LogP contribution is 2.85. The number of hydrogen-bond donors (Lipinski definition) is 0. The van der Waals surface area contributed by atoms with Gasteiger partial charge in [0, 0.05) is 0 Å². The Morgan fingerprint density at radius 2 is 1.00 bits per heavy atom. The van der Waals surface area contributed by atoms with Crippen molar-refractivity contribution in [3.05, 3.63) is 60.7 Å². The predicted octanol–water partition coefficient (Wildman–Crippen LogP) is 3.32. The summed E-state index contributed by atoms with van der Waals surface area (Å²) in [7, 11) is -2.15. The molecule has 0 N–H and O–H groups in total. The highest BCUT2D eigenvalue weighted by Gasteiger charge is 2.90. The second-order valence-electron chi connectivity index (χ2n) is 10.4. The van der Waals surface area contributed by atoms with Crippen LogP contribution in [0.1, 0.15) is 0 Å². The van der Waals surface area contributed by atoms with Crippen LogP contribution < -0.4 is 9.80 Å². The molecule has 162 valence electrons. The SMILES string of the molecule is C[Si](C)(C)C12C3C(=O)N(c4ccccc4)C(=O)C3C1C1C(=O)N(c3ccccc3)C(=O)C12. The molecule has 2 saturated heterocycles. The van der Waals surface area contributed by atoms with Crippen LogP contribution in [-0.2, 0) is 19.2 Å². The van der Waals surface area contributed by atoms with E-state index in [1.54, 1.807) is 48.5 Å². The third-order valence-corrected chi connectivity index (χ3v) is 11.9. The third kappa shape index (κ3) is 1.97. The Labute approximate surface area is 187 Å². The van der Waals surface area contributed by atoms with E-state index in [0.29, 0.717) is 11.4 Å². The van der Waals surface area contributed by atoms with Crippen molar-refractivity contribution in [2.45, 2.75) is 24.7 Å². The van der Waals surface area contributed by atoms with Crippen LogP contribution in [0.4, 0.5) is 11.4 Å². The normalized spacial score (nSPS) is 35.3. The lowest BCUT2D eigenvalue weighted by Crippen LogP contribution is -2.77. The molecule has 2 saturated carbocycles. The topological polar surface area (TPSA) is 74.8 Å². The van der Waals surface area contributed by atoms with Gasteiger partial charge in [0.15, 0.2) is 0 Å². The van der Waals surface area contributed by atoms with E-state index in [1.165, 1.54) is 9.80 Å². The second-order valence-corrected chi connectivity index (χ2v) is 15.8. The average molecular weight is 445 g/mol. The fourth-order valence-electron chi connectivity index (χ4n) is 7.40. The van der Waals surface area contributed by atoms with Crippen molar-refractivity contribution in [2.75, 3.05) is 9.80 Å². The first-order valence-electron chi connectivity index (χ1n) is 11.1. The molecule has 7 heteroatoms. The highest BCUT2D eigenvalue weighted by molar-refractivity contribution is 6.81. The summed E-state index contributed by atoms with van der Waals surface area (Å²) in [5, 5.41) is -0.561. The number of para-hydroxylation sites is 2. The summed E-state index contributed by atoms with van der Waals surface area (Å²) < 4.78 is 0. The van der Waals surface area contributed by atoms with Gasteiger partial charge in [-0.3, -0.25) is 29.0 Å². The van der Waals surface area contributed by atoms with Crippen LogP contribution in [0.25, 0.3) is 0 Å². The maximum absolute atomic E-state index is 13.7. The number of fused-ring (bicyclic) bond motifs is 7. The third-order valence-electron chi connectivity index (χ3n) is 8.38. The summed E-state index contributed by atoms with van der Waals surface area (Å²) >= 11 is 0. The molecule has 4 unspecified atom stereocenters.